The summed E-state index contributed by atoms with van der Waals surface area (Å²) in [4.78, 5) is 44.3. The van der Waals surface area contributed by atoms with Crippen molar-refractivity contribution in [1.29, 1.82) is 0 Å². The predicted octanol–water partition coefficient (Wildman–Crippen LogP) is 2.05. The molecule has 2 aromatic rings. The first-order chi connectivity index (χ1) is 14.8. The molecule has 0 aliphatic carbocycles. The summed E-state index contributed by atoms with van der Waals surface area (Å²) in [5, 5.41) is 0.858. The predicted molar refractivity (Wildman–Crippen MR) is 106 cm³/mol. The largest absolute Gasteiger partial charge is 0.471 e. The van der Waals surface area contributed by atoms with Crippen LogP contribution in [-0.2, 0) is 9.59 Å². The van der Waals surface area contributed by atoms with Gasteiger partial charge in [-0.05, 0) is 18.9 Å². The highest BCUT2D eigenvalue weighted by Crippen LogP contribution is 2.27. The molecule has 0 spiro atoms. The van der Waals surface area contributed by atoms with Gasteiger partial charge in [-0.15, -0.1) is 0 Å². The molecule has 166 valence electrons. The molecule has 1 aromatic heterocycles. The number of aromatic amines is 1. The van der Waals surface area contributed by atoms with E-state index in [0.29, 0.717) is 43.1 Å². The highest BCUT2D eigenvalue weighted by Gasteiger charge is 2.48. The van der Waals surface area contributed by atoms with Crippen LogP contribution < -0.4 is 0 Å². The number of halogens is 3. The molecule has 7 nitrogen and oxygen atoms in total. The number of likely N-dealkylation sites (tertiary alicyclic amines) is 1. The molecule has 1 atom stereocenters. The third-order valence-corrected chi connectivity index (χ3v) is 5.98. The zero-order valence-corrected chi connectivity index (χ0v) is 16.8. The first kappa shape index (κ1) is 21.4. The number of piperazine rings is 1. The first-order valence-corrected chi connectivity index (χ1v) is 10.2. The van der Waals surface area contributed by atoms with E-state index in [1.807, 2.05) is 29.2 Å². The maximum atomic E-state index is 12.8. The van der Waals surface area contributed by atoms with Crippen molar-refractivity contribution >= 4 is 28.5 Å². The number of ketones is 1. The van der Waals surface area contributed by atoms with Crippen molar-refractivity contribution in [2.45, 2.75) is 25.1 Å². The summed E-state index contributed by atoms with van der Waals surface area (Å²) in [6.45, 7) is 1.65. The summed E-state index contributed by atoms with van der Waals surface area (Å²) in [7, 11) is 0. The topological polar surface area (TPSA) is 76.7 Å². The summed E-state index contributed by atoms with van der Waals surface area (Å²) in [5.74, 6) is -2.43. The van der Waals surface area contributed by atoms with Crippen LogP contribution in [0.1, 0.15) is 23.2 Å². The van der Waals surface area contributed by atoms with Crippen LogP contribution in [0.4, 0.5) is 13.2 Å². The Labute approximate surface area is 176 Å². The fourth-order valence-corrected chi connectivity index (χ4v) is 4.36. The number of nitrogens with zero attached hydrogens (tertiary/aromatic N) is 3. The molecule has 2 aliphatic rings. The highest BCUT2D eigenvalue weighted by molar-refractivity contribution is 6.08. The van der Waals surface area contributed by atoms with Crippen LogP contribution in [0.5, 0.6) is 0 Å². The Morgan fingerprint density at radius 1 is 1.03 bits per heavy atom. The van der Waals surface area contributed by atoms with Gasteiger partial charge in [-0.25, -0.2) is 0 Å². The molecule has 0 radical (unpaired) electrons. The Morgan fingerprint density at radius 3 is 2.45 bits per heavy atom. The van der Waals surface area contributed by atoms with E-state index in [4.69, 9.17) is 0 Å². The molecule has 10 heteroatoms. The third-order valence-electron chi connectivity index (χ3n) is 5.98. The number of hydrogen-bond donors (Lipinski definition) is 1. The zero-order chi connectivity index (χ0) is 22.2. The van der Waals surface area contributed by atoms with E-state index in [2.05, 4.69) is 4.98 Å². The Kier molecular flexibility index (Phi) is 5.74. The Hall–Kier alpha value is -2.88. The van der Waals surface area contributed by atoms with E-state index in [-0.39, 0.29) is 25.3 Å². The maximum absolute atomic E-state index is 12.8. The molecule has 3 heterocycles. The first-order valence-electron chi connectivity index (χ1n) is 10.2. The van der Waals surface area contributed by atoms with Crippen LogP contribution in [-0.4, -0.2) is 88.8 Å². The molecule has 1 unspecified atom stereocenters. The summed E-state index contributed by atoms with van der Waals surface area (Å²) in [6, 6.07) is 6.47. The quantitative estimate of drug-likeness (QED) is 0.745. The van der Waals surface area contributed by atoms with Gasteiger partial charge in [0, 0.05) is 55.4 Å². The van der Waals surface area contributed by atoms with Gasteiger partial charge in [0.05, 0.1) is 6.54 Å². The molecule has 1 aromatic carbocycles. The standard InChI is InChI=1S/C21H23F3N4O3/c22-21(23,24)20(31)28-7-3-6-17(28)19(30)27-10-8-26(9-11-27)13-18(29)15-12-25-16-5-2-1-4-14(15)16/h1-2,4-5,12,17,25H,3,6-11,13H2. The number of H-pyrrole nitrogens is 1. The second-order valence-corrected chi connectivity index (χ2v) is 7.93. The van der Waals surface area contributed by atoms with E-state index in [0.717, 1.165) is 10.9 Å². The van der Waals surface area contributed by atoms with E-state index >= 15 is 0 Å². The molecular weight excluding hydrogens is 413 g/mol. The minimum absolute atomic E-state index is 0.0324. The molecule has 4 rings (SSSR count). The van der Waals surface area contributed by atoms with Crippen molar-refractivity contribution in [2.24, 2.45) is 0 Å². The number of fused-ring (bicyclic) bond motifs is 1. The molecule has 2 saturated heterocycles. The normalized spacial score (nSPS) is 20.4. The van der Waals surface area contributed by atoms with E-state index in [9.17, 15) is 27.6 Å². The van der Waals surface area contributed by atoms with Crippen LogP contribution in [0.25, 0.3) is 10.9 Å². The second-order valence-electron chi connectivity index (χ2n) is 7.93. The number of alkyl halides is 3. The van der Waals surface area contributed by atoms with Crippen molar-refractivity contribution in [3.63, 3.8) is 0 Å². The van der Waals surface area contributed by atoms with Gasteiger partial charge in [0.25, 0.3) is 0 Å². The van der Waals surface area contributed by atoms with Crippen LogP contribution in [0.3, 0.4) is 0 Å². The zero-order valence-electron chi connectivity index (χ0n) is 16.8. The van der Waals surface area contributed by atoms with Gasteiger partial charge < -0.3 is 14.8 Å². The van der Waals surface area contributed by atoms with Gasteiger partial charge in [-0.3, -0.25) is 19.3 Å². The van der Waals surface area contributed by atoms with Crippen molar-refractivity contribution in [3.8, 4) is 0 Å². The number of nitrogens with one attached hydrogen (secondary N) is 1. The maximum Gasteiger partial charge on any atom is 0.471 e. The third kappa shape index (κ3) is 4.30. The van der Waals surface area contributed by atoms with Gasteiger partial charge in [-0.1, -0.05) is 18.2 Å². The summed E-state index contributed by atoms with van der Waals surface area (Å²) in [5.41, 5.74) is 1.50. The second kappa shape index (κ2) is 8.33. The number of Topliss-reactive ketones (excluding diaryl/α,β-unsaturated/α-hetero) is 1. The van der Waals surface area contributed by atoms with Gasteiger partial charge in [0.1, 0.15) is 6.04 Å². The summed E-state index contributed by atoms with van der Waals surface area (Å²) in [6.07, 6.45) is -2.68. The molecule has 31 heavy (non-hydrogen) atoms. The number of carbonyl (C=O) groups excluding carboxylic acids is 3. The van der Waals surface area contributed by atoms with Crippen LogP contribution >= 0.6 is 0 Å². The van der Waals surface area contributed by atoms with Gasteiger partial charge in [-0.2, -0.15) is 13.2 Å². The van der Waals surface area contributed by atoms with E-state index in [1.54, 1.807) is 6.20 Å². The number of amides is 2. The van der Waals surface area contributed by atoms with Crippen LogP contribution in [0.2, 0.25) is 0 Å². The van der Waals surface area contributed by atoms with Gasteiger partial charge in [0.2, 0.25) is 5.91 Å². The lowest BCUT2D eigenvalue weighted by Gasteiger charge is -2.37. The van der Waals surface area contributed by atoms with E-state index in [1.165, 1.54) is 4.90 Å². The molecule has 2 aliphatic heterocycles. The SMILES string of the molecule is O=C(CN1CCN(C(=O)C2CCCN2C(=O)C(F)(F)F)CC1)c1c[nH]c2ccccc12. The number of para-hydroxylation sites is 1. The minimum Gasteiger partial charge on any atom is -0.360 e. The Balaban J connectivity index is 1.33. The smallest absolute Gasteiger partial charge is 0.360 e. The highest BCUT2D eigenvalue weighted by atomic mass is 19.4. The van der Waals surface area contributed by atoms with Crippen LogP contribution in [0, 0.1) is 0 Å². The van der Waals surface area contributed by atoms with Crippen LogP contribution in [0.15, 0.2) is 30.5 Å². The number of hydrogen-bond acceptors (Lipinski definition) is 4. The monoisotopic (exact) mass is 436 g/mol. The average Bonchev–Trinajstić information content (AvgIpc) is 3.40. The Bertz CT molecular complexity index is 995. The molecular formula is C21H23F3N4O3. The number of carbonyl (C=O) groups is 3. The van der Waals surface area contributed by atoms with Crippen molar-refractivity contribution in [1.82, 2.24) is 19.7 Å². The lowest BCUT2D eigenvalue weighted by Crippen LogP contribution is -2.56. The van der Waals surface area contributed by atoms with Gasteiger partial charge >= 0.3 is 12.1 Å². The fraction of sp³-hybridized carbons (Fsp3) is 0.476. The van der Waals surface area contributed by atoms with Crippen molar-refractivity contribution in [3.05, 3.63) is 36.0 Å². The average molecular weight is 436 g/mol. The number of benzene rings is 1. The molecule has 2 amide bonds. The summed E-state index contributed by atoms with van der Waals surface area (Å²) < 4.78 is 38.4. The number of aromatic nitrogens is 1. The number of rotatable bonds is 4. The molecule has 0 saturated carbocycles. The lowest BCUT2D eigenvalue weighted by atomic mass is 10.1. The molecule has 0 bridgehead atoms. The van der Waals surface area contributed by atoms with Crippen molar-refractivity contribution < 1.29 is 27.6 Å². The summed E-state index contributed by atoms with van der Waals surface area (Å²) >= 11 is 0. The Morgan fingerprint density at radius 2 is 1.74 bits per heavy atom. The molecule has 2 fully saturated rings. The van der Waals surface area contributed by atoms with E-state index < -0.39 is 24.0 Å². The minimum atomic E-state index is -4.98. The molecule has 1 N–H and O–H groups in total. The van der Waals surface area contributed by atoms with Crippen molar-refractivity contribution in [2.75, 3.05) is 39.3 Å². The fourth-order valence-electron chi connectivity index (χ4n) is 4.36. The lowest BCUT2D eigenvalue weighted by molar-refractivity contribution is -0.187. The van der Waals surface area contributed by atoms with Gasteiger partial charge in [0.15, 0.2) is 5.78 Å².